The van der Waals surface area contributed by atoms with Crippen LogP contribution in [0, 0.1) is 0 Å². The van der Waals surface area contributed by atoms with Crippen LogP contribution in [0.25, 0.3) is 0 Å². The molecule has 0 aliphatic carbocycles. The van der Waals surface area contributed by atoms with Gasteiger partial charge in [0.05, 0.1) is 0 Å². The smallest absolute Gasteiger partial charge is 0.242 e. The molecular formula is C3H2N2O2. The van der Waals surface area contributed by atoms with E-state index in [4.69, 9.17) is 0 Å². The van der Waals surface area contributed by atoms with Gasteiger partial charge in [-0.1, -0.05) is 0 Å². The van der Waals surface area contributed by atoms with Crippen LogP contribution in [0.2, 0.25) is 0 Å². The second kappa shape index (κ2) is 4.72. The van der Waals surface area contributed by atoms with Crippen LogP contribution >= 0.6 is 0 Å². The Morgan fingerprint density at radius 1 is 1.14 bits per heavy atom. The zero-order valence-electron chi connectivity index (χ0n) is 3.37. The average molecular weight is 98.1 g/mol. The zero-order valence-corrected chi connectivity index (χ0v) is 3.37. The Bertz CT molecular complexity index is 111. The second-order valence-electron chi connectivity index (χ2n) is 0.569. The number of rotatable bonds is 2. The summed E-state index contributed by atoms with van der Waals surface area (Å²) in [5.74, 6) is 0. The summed E-state index contributed by atoms with van der Waals surface area (Å²) >= 11 is 0. The van der Waals surface area contributed by atoms with E-state index in [1.54, 1.807) is 6.01 Å². The fourth-order valence-corrected chi connectivity index (χ4v) is 0.0805. The molecule has 0 aliphatic heterocycles. The highest BCUT2D eigenvalue weighted by Gasteiger charge is 1.54. The number of carbonyl (C=O) groups excluding carboxylic acids is 2. The van der Waals surface area contributed by atoms with E-state index < -0.39 is 0 Å². The number of amides is 2. The summed E-state index contributed by atoms with van der Waals surface area (Å²) in [6.45, 7) is 0. The van der Waals surface area contributed by atoms with Crippen molar-refractivity contribution in [1.82, 2.24) is 0 Å². The van der Waals surface area contributed by atoms with E-state index >= 15 is 0 Å². The van der Waals surface area contributed by atoms with Gasteiger partial charge in [0.1, 0.15) is 6.01 Å². The molecule has 2 amide bonds. The summed E-state index contributed by atoms with van der Waals surface area (Å²) < 4.78 is 0. The summed E-state index contributed by atoms with van der Waals surface area (Å²) in [4.78, 5) is 24.2. The van der Waals surface area contributed by atoms with Crippen molar-refractivity contribution in [2.75, 3.05) is 0 Å². The van der Waals surface area contributed by atoms with Gasteiger partial charge >= 0.3 is 0 Å². The van der Waals surface area contributed by atoms with Gasteiger partial charge in [0.25, 0.3) is 0 Å². The van der Waals surface area contributed by atoms with Crippen molar-refractivity contribution in [3.8, 4) is 0 Å². The minimum atomic E-state index is 0.243. The average Bonchev–Trinajstić information content (AvgIpc) is 1.69. The Labute approximate surface area is 39.6 Å². The lowest BCUT2D eigenvalue weighted by Gasteiger charge is -1.51. The number of hydrogen-bond acceptors (Lipinski definition) is 2. The van der Waals surface area contributed by atoms with Crippen LogP contribution in [0.1, 0.15) is 0 Å². The van der Waals surface area contributed by atoms with Crippen LogP contribution < -0.4 is 0 Å². The van der Waals surface area contributed by atoms with Crippen molar-refractivity contribution >= 4 is 18.8 Å². The first-order valence-electron chi connectivity index (χ1n) is 1.44. The molecule has 0 heterocycles. The summed E-state index contributed by atoms with van der Waals surface area (Å²) in [5, 5.41) is 0. The van der Waals surface area contributed by atoms with Crippen molar-refractivity contribution in [2.45, 2.75) is 0 Å². The van der Waals surface area contributed by atoms with Gasteiger partial charge in [0, 0.05) is 0 Å². The molecular weight excluding hydrogens is 96.0 g/mol. The van der Waals surface area contributed by atoms with Crippen LogP contribution in [0.4, 0.5) is 0 Å². The largest absolute Gasteiger partial charge is 0.276 e. The van der Waals surface area contributed by atoms with Gasteiger partial charge in [-0.15, -0.1) is 0 Å². The standard InChI is InChI=1S/C3H2N2O2/c6-2-4-1-5-3-7/h2-3H. The topological polar surface area (TPSA) is 58.9 Å². The third kappa shape index (κ3) is 4.72. The van der Waals surface area contributed by atoms with Crippen LogP contribution in [0.15, 0.2) is 9.98 Å². The van der Waals surface area contributed by atoms with Gasteiger partial charge in [0.15, 0.2) is 0 Å². The number of hydrogen-bond donors (Lipinski definition) is 0. The van der Waals surface area contributed by atoms with Crippen LogP contribution in [-0.4, -0.2) is 18.8 Å². The van der Waals surface area contributed by atoms with Gasteiger partial charge in [-0.05, 0) is 0 Å². The maximum atomic E-state index is 9.27. The van der Waals surface area contributed by atoms with E-state index in [1.165, 1.54) is 0 Å². The molecule has 4 nitrogen and oxygen atoms in total. The maximum absolute atomic E-state index is 9.27. The normalized spacial score (nSPS) is 5.71. The van der Waals surface area contributed by atoms with Crippen LogP contribution in [0.3, 0.4) is 0 Å². The highest BCUT2D eigenvalue weighted by molar-refractivity contribution is 5.67. The molecule has 4 heteroatoms. The molecule has 0 N–H and O–H groups in total. The SMILES string of the molecule is O=CN=C=NC=O. The van der Waals surface area contributed by atoms with E-state index in [0.717, 1.165) is 0 Å². The summed E-state index contributed by atoms with van der Waals surface area (Å²) in [7, 11) is 0. The van der Waals surface area contributed by atoms with E-state index in [0.29, 0.717) is 0 Å². The van der Waals surface area contributed by atoms with Crippen molar-refractivity contribution in [3.05, 3.63) is 0 Å². The Hall–Kier alpha value is -1.28. The lowest BCUT2D eigenvalue weighted by Crippen LogP contribution is -1.60. The fourth-order valence-electron chi connectivity index (χ4n) is 0.0805. The van der Waals surface area contributed by atoms with Gasteiger partial charge in [-0.25, -0.2) is 0 Å². The molecule has 0 aliphatic rings. The Kier molecular flexibility index (Phi) is 3.86. The highest BCUT2D eigenvalue weighted by atomic mass is 16.1. The molecule has 0 saturated heterocycles. The number of aliphatic imine (C=N–C) groups is 2. The zero-order chi connectivity index (χ0) is 5.54. The highest BCUT2D eigenvalue weighted by Crippen LogP contribution is 1.46. The van der Waals surface area contributed by atoms with Gasteiger partial charge < -0.3 is 0 Å². The van der Waals surface area contributed by atoms with Crippen molar-refractivity contribution in [1.29, 1.82) is 0 Å². The molecule has 0 fully saturated rings. The number of carbonyl (C=O) groups is 2. The molecule has 0 atom stereocenters. The molecule has 0 aromatic rings. The Morgan fingerprint density at radius 3 is 1.86 bits per heavy atom. The first-order chi connectivity index (χ1) is 3.41. The molecule has 7 heavy (non-hydrogen) atoms. The van der Waals surface area contributed by atoms with E-state index in [-0.39, 0.29) is 12.8 Å². The van der Waals surface area contributed by atoms with E-state index in [9.17, 15) is 9.59 Å². The van der Waals surface area contributed by atoms with Crippen molar-refractivity contribution in [2.24, 2.45) is 9.98 Å². The molecule has 0 aromatic heterocycles. The molecule has 0 aromatic carbocycles. The molecule has 0 saturated carbocycles. The molecule has 0 unspecified atom stereocenters. The van der Waals surface area contributed by atoms with Gasteiger partial charge in [0.2, 0.25) is 12.8 Å². The van der Waals surface area contributed by atoms with Crippen molar-refractivity contribution in [3.63, 3.8) is 0 Å². The Morgan fingerprint density at radius 2 is 1.57 bits per heavy atom. The van der Waals surface area contributed by atoms with E-state index in [2.05, 4.69) is 9.98 Å². The predicted molar refractivity (Wildman–Crippen MR) is 22.0 cm³/mol. The minimum absolute atomic E-state index is 0.243. The molecule has 0 bridgehead atoms. The van der Waals surface area contributed by atoms with Crippen LogP contribution in [0.5, 0.6) is 0 Å². The third-order valence-corrected chi connectivity index (χ3v) is 0.221. The summed E-state index contributed by atoms with van der Waals surface area (Å²) in [5.41, 5.74) is 0. The Balaban J connectivity index is 3.61. The third-order valence-electron chi connectivity index (χ3n) is 0.221. The monoisotopic (exact) mass is 98.0 g/mol. The molecule has 0 spiro atoms. The molecule has 0 radical (unpaired) electrons. The van der Waals surface area contributed by atoms with Gasteiger partial charge in [-0.2, -0.15) is 9.98 Å². The first kappa shape index (κ1) is 5.72. The predicted octanol–water partition coefficient (Wildman–Crippen LogP) is -0.527. The lowest BCUT2D eigenvalue weighted by atomic mass is 11.2. The summed E-state index contributed by atoms with van der Waals surface area (Å²) in [6.07, 6.45) is 0.486. The maximum Gasteiger partial charge on any atom is 0.242 e. The minimum Gasteiger partial charge on any atom is -0.276 e. The molecule has 36 valence electrons. The van der Waals surface area contributed by atoms with E-state index in [1.807, 2.05) is 0 Å². The van der Waals surface area contributed by atoms with Gasteiger partial charge in [-0.3, -0.25) is 9.59 Å². The quantitative estimate of drug-likeness (QED) is 0.344. The van der Waals surface area contributed by atoms with Crippen molar-refractivity contribution < 1.29 is 9.59 Å². The lowest BCUT2D eigenvalue weighted by molar-refractivity contribution is -0.107. The first-order valence-corrected chi connectivity index (χ1v) is 1.44. The number of nitrogens with zero attached hydrogens (tertiary/aromatic N) is 2. The second-order valence-corrected chi connectivity index (χ2v) is 0.569. The fraction of sp³-hybridized carbons (Fsp3) is 0. The molecule has 0 rings (SSSR count). The van der Waals surface area contributed by atoms with Crippen LogP contribution in [-0.2, 0) is 9.59 Å². The summed E-state index contributed by atoms with van der Waals surface area (Å²) in [6, 6.07) is 1.80.